The second-order valence-corrected chi connectivity index (χ2v) is 5.92. The van der Waals surface area contributed by atoms with Crippen molar-refractivity contribution < 1.29 is 28.5 Å². The molecule has 0 bridgehead atoms. The number of amides is 3. The predicted octanol–water partition coefficient (Wildman–Crippen LogP) is 2.92. The van der Waals surface area contributed by atoms with Crippen LogP contribution in [0.15, 0.2) is 65.3 Å². The monoisotopic (exact) mass is 393 g/mol. The van der Waals surface area contributed by atoms with Gasteiger partial charge in [-0.1, -0.05) is 0 Å². The average molecular weight is 393 g/mol. The number of carbonyl (C=O) groups is 3. The van der Waals surface area contributed by atoms with Crippen LogP contribution >= 0.6 is 0 Å². The number of ether oxygens (including phenoxy) is 1. The number of nitro groups is 1. The maximum Gasteiger partial charge on any atom is 0.305 e. The smallest absolute Gasteiger partial charge is 0.305 e. The topological polar surface area (TPSA) is 132 Å². The zero-order valence-corrected chi connectivity index (χ0v) is 14.5. The van der Waals surface area contributed by atoms with Crippen molar-refractivity contribution in [3.05, 3.63) is 87.9 Å². The van der Waals surface area contributed by atoms with Gasteiger partial charge < -0.3 is 9.15 Å². The molecule has 0 radical (unpaired) electrons. The molecule has 144 valence electrons. The number of hydrogen-bond donors (Lipinski definition) is 1. The van der Waals surface area contributed by atoms with E-state index >= 15 is 0 Å². The van der Waals surface area contributed by atoms with Crippen molar-refractivity contribution in [1.82, 2.24) is 10.4 Å². The Bertz CT molecular complexity index is 1140. The normalized spacial score (nSPS) is 12.6. The molecule has 0 spiro atoms. The van der Waals surface area contributed by atoms with Crippen LogP contribution in [0.25, 0.3) is 0 Å². The number of furan rings is 1. The van der Waals surface area contributed by atoms with Gasteiger partial charge in [-0.2, -0.15) is 5.01 Å². The van der Waals surface area contributed by atoms with Crippen molar-refractivity contribution in [3.8, 4) is 11.5 Å². The average Bonchev–Trinajstić information content (AvgIpc) is 3.32. The fourth-order valence-electron chi connectivity index (χ4n) is 2.72. The summed E-state index contributed by atoms with van der Waals surface area (Å²) in [5.41, 5.74) is 2.28. The summed E-state index contributed by atoms with van der Waals surface area (Å²) in [6.07, 6.45) is 1.29. The number of benzene rings is 2. The number of hydrazine groups is 1. The maximum absolute atomic E-state index is 12.6. The third kappa shape index (κ3) is 3.30. The Labute approximate surface area is 162 Å². The Morgan fingerprint density at radius 2 is 1.69 bits per heavy atom. The van der Waals surface area contributed by atoms with E-state index in [-0.39, 0.29) is 28.3 Å². The molecule has 2 aromatic carbocycles. The minimum absolute atomic E-state index is 0.0501. The van der Waals surface area contributed by atoms with E-state index in [9.17, 15) is 24.5 Å². The largest absolute Gasteiger partial charge is 0.459 e. The molecule has 0 aliphatic carbocycles. The molecule has 2 heterocycles. The van der Waals surface area contributed by atoms with Gasteiger partial charge >= 0.3 is 5.91 Å². The number of nitrogens with one attached hydrogen (secondary N) is 1. The zero-order valence-electron chi connectivity index (χ0n) is 14.5. The van der Waals surface area contributed by atoms with E-state index in [1.807, 2.05) is 0 Å². The van der Waals surface area contributed by atoms with Crippen molar-refractivity contribution in [1.29, 1.82) is 0 Å². The van der Waals surface area contributed by atoms with Gasteiger partial charge in [0.2, 0.25) is 0 Å². The van der Waals surface area contributed by atoms with Crippen LogP contribution in [0, 0.1) is 10.1 Å². The first kappa shape index (κ1) is 17.9. The highest BCUT2D eigenvalue weighted by atomic mass is 16.6. The van der Waals surface area contributed by atoms with Gasteiger partial charge in [0.25, 0.3) is 17.5 Å². The molecular weight excluding hydrogens is 382 g/mol. The number of hydrogen-bond acceptors (Lipinski definition) is 7. The predicted molar refractivity (Wildman–Crippen MR) is 96.3 cm³/mol. The number of carbonyl (C=O) groups excluding carboxylic acids is 3. The molecule has 1 aromatic heterocycles. The molecule has 1 aliphatic rings. The number of non-ortho nitro benzene ring substituents is 1. The van der Waals surface area contributed by atoms with Crippen molar-refractivity contribution in [2.75, 3.05) is 0 Å². The third-order valence-electron chi connectivity index (χ3n) is 4.10. The van der Waals surface area contributed by atoms with Crippen molar-refractivity contribution in [3.63, 3.8) is 0 Å². The first-order valence-electron chi connectivity index (χ1n) is 8.23. The quantitative estimate of drug-likeness (QED) is 0.400. The van der Waals surface area contributed by atoms with E-state index < -0.39 is 22.6 Å². The standard InChI is InChI=1S/C19H11N3O7/c23-17(16-2-1-9-28-16)20-21-18(24)14-8-7-13(10-15(14)19(21)25)29-12-5-3-11(4-6-12)22(26)27/h1-10H,(H,20,23). The highest BCUT2D eigenvalue weighted by Gasteiger charge is 2.37. The van der Waals surface area contributed by atoms with Crippen LogP contribution < -0.4 is 10.2 Å². The van der Waals surface area contributed by atoms with E-state index in [1.165, 1.54) is 60.9 Å². The Kier molecular flexibility index (Phi) is 4.28. The molecule has 10 nitrogen and oxygen atoms in total. The van der Waals surface area contributed by atoms with Crippen molar-refractivity contribution in [2.24, 2.45) is 0 Å². The van der Waals surface area contributed by atoms with Crippen LogP contribution in [-0.4, -0.2) is 27.7 Å². The molecule has 0 saturated heterocycles. The summed E-state index contributed by atoms with van der Waals surface area (Å²) in [5.74, 6) is -1.64. The third-order valence-corrected chi connectivity index (χ3v) is 4.10. The van der Waals surface area contributed by atoms with Crippen LogP contribution in [0.1, 0.15) is 31.3 Å². The summed E-state index contributed by atoms with van der Waals surface area (Å²) in [5, 5.41) is 11.3. The Hall–Kier alpha value is -4.47. The molecule has 3 amide bonds. The van der Waals surface area contributed by atoms with E-state index in [0.29, 0.717) is 10.8 Å². The van der Waals surface area contributed by atoms with E-state index in [4.69, 9.17) is 9.15 Å². The molecule has 10 heteroatoms. The van der Waals surface area contributed by atoms with Crippen molar-refractivity contribution in [2.45, 2.75) is 0 Å². The first-order chi connectivity index (χ1) is 13.9. The Morgan fingerprint density at radius 1 is 1.00 bits per heavy atom. The lowest BCUT2D eigenvalue weighted by atomic mass is 10.1. The van der Waals surface area contributed by atoms with Gasteiger partial charge in [-0.25, -0.2) is 0 Å². The lowest BCUT2D eigenvalue weighted by Crippen LogP contribution is -2.45. The number of imide groups is 1. The van der Waals surface area contributed by atoms with E-state index in [2.05, 4.69) is 5.43 Å². The summed E-state index contributed by atoms with van der Waals surface area (Å²) < 4.78 is 10.5. The lowest BCUT2D eigenvalue weighted by Gasteiger charge is -2.13. The maximum atomic E-state index is 12.6. The summed E-state index contributed by atoms with van der Waals surface area (Å²) in [6.45, 7) is 0. The molecule has 0 saturated carbocycles. The fraction of sp³-hybridized carbons (Fsp3) is 0. The molecule has 29 heavy (non-hydrogen) atoms. The van der Waals surface area contributed by atoms with Gasteiger partial charge in [-0.15, -0.1) is 0 Å². The van der Waals surface area contributed by atoms with Crippen LogP contribution in [0.5, 0.6) is 11.5 Å². The molecular formula is C19H11N3O7. The van der Waals surface area contributed by atoms with E-state index in [0.717, 1.165) is 0 Å². The van der Waals surface area contributed by atoms with Crippen LogP contribution in [0.2, 0.25) is 0 Å². The highest BCUT2D eigenvalue weighted by Crippen LogP contribution is 2.29. The fourth-order valence-corrected chi connectivity index (χ4v) is 2.72. The SMILES string of the molecule is O=C(NN1C(=O)c2ccc(Oc3ccc([N+](=O)[O-])cc3)cc2C1=O)c1ccco1. The lowest BCUT2D eigenvalue weighted by molar-refractivity contribution is -0.384. The molecule has 1 N–H and O–H groups in total. The van der Waals surface area contributed by atoms with Gasteiger partial charge in [0, 0.05) is 12.1 Å². The minimum atomic E-state index is -0.744. The van der Waals surface area contributed by atoms with Gasteiger partial charge in [0.05, 0.1) is 22.3 Å². The summed E-state index contributed by atoms with van der Waals surface area (Å²) in [7, 11) is 0. The van der Waals surface area contributed by atoms with Gasteiger partial charge in [-0.3, -0.25) is 29.9 Å². The molecule has 1 aliphatic heterocycles. The van der Waals surface area contributed by atoms with Crippen LogP contribution in [0.4, 0.5) is 5.69 Å². The number of nitro benzene ring substituents is 1. The van der Waals surface area contributed by atoms with Gasteiger partial charge in [-0.05, 0) is 42.5 Å². The summed E-state index contributed by atoms with van der Waals surface area (Å²) in [6, 6.07) is 12.5. The van der Waals surface area contributed by atoms with E-state index in [1.54, 1.807) is 0 Å². The molecule has 0 fully saturated rings. The Morgan fingerprint density at radius 3 is 2.34 bits per heavy atom. The van der Waals surface area contributed by atoms with Gasteiger partial charge in [0.1, 0.15) is 11.5 Å². The number of rotatable bonds is 5. The van der Waals surface area contributed by atoms with Crippen LogP contribution in [-0.2, 0) is 0 Å². The zero-order chi connectivity index (χ0) is 20.5. The highest BCUT2D eigenvalue weighted by molar-refractivity contribution is 6.22. The summed E-state index contributed by atoms with van der Waals surface area (Å²) in [4.78, 5) is 47.2. The van der Waals surface area contributed by atoms with Gasteiger partial charge in [0.15, 0.2) is 5.76 Å². The second kappa shape index (κ2) is 6.93. The summed E-state index contributed by atoms with van der Waals surface area (Å²) >= 11 is 0. The number of fused-ring (bicyclic) bond motifs is 1. The Balaban J connectivity index is 1.53. The second-order valence-electron chi connectivity index (χ2n) is 5.92. The van der Waals surface area contributed by atoms with Crippen LogP contribution in [0.3, 0.4) is 0 Å². The molecule has 0 atom stereocenters. The molecule has 4 rings (SSSR count). The minimum Gasteiger partial charge on any atom is -0.459 e. The number of nitrogens with zero attached hydrogens (tertiary/aromatic N) is 2. The van der Waals surface area contributed by atoms with Crippen molar-refractivity contribution >= 4 is 23.4 Å². The molecule has 0 unspecified atom stereocenters. The molecule has 3 aromatic rings. The first-order valence-corrected chi connectivity index (χ1v) is 8.23.